The zero-order valence-electron chi connectivity index (χ0n) is 10.9. The normalized spacial score (nSPS) is 17.2. The van der Waals surface area contributed by atoms with Crippen LogP contribution in [0, 0.1) is 12.3 Å². The standard InChI is InChI=1S/C14H17N3O2/c1-10-3-2-4-11-12(10)16-9-17-13(11)15-5-14(6-18)7-19-8-14/h2-4,9,18H,5-8H2,1H3,(H,15,16,17). The lowest BCUT2D eigenvalue weighted by Gasteiger charge is -2.40. The maximum absolute atomic E-state index is 9.42. The van der Waals surface area contributed by atoms with Crippen LogP contribution in [0.1, 0.15) is 5.56 Å². The van der Waals surface area contributed by atoms with Gasteiger partial charge < -0.3 is 15.2 Å². The van der Waals surface area contributed by atoms with Crippen LogP contribution in [0.25, 0.3) is 10.9 Å². The molecule has 1 fully saturated rings. The van der Waals surface area contributed by atoms with Gasteiger partial charge in [-0.05, 0) is 18.6 Å². The minimum atomic E-state index is -0.166. The van der Waals surface area contributed by atoms with E-state index in [-0.39, 0.29) is 12.0 Å². The number of anilines is 1. The number of nitrogens with zero attached hydrogens (tertiary/aromatic N) is 2. The zero-order chi connectivity index (χ0) is 13.3. The van der Waals surface area contributed by atoms with Crippen molar-refractivity contribution in [2.45, 2.75) is 6.92 Å². The first-order valence-corrected chi connectivity index (χ1v) is 6.37. The van der Waals surface area contributed by atoms with Crippen LogP contribution in [0.4, 0.5) is 5.82 Å². The molecule has 1 aromatic heterocycles. The van der Waals surface area contributed by atoms with Gasteiger partial charge in [0.2, 0.25) is 0 Å². The molecule has 0 saturated carbocycles. The van der Waals surface area contributed by atoms with Gasteiger partial charge in [-0.2, -0.15) is 0 Å². The van der Waals surface area contributed by atoms with Crippen LogP contribution in [0.3, 0.4) is 0 Å². The number of aliphatic hydroxyl groups is 1. The van der Waals surface area contributed by atoms with Crippen molar-refractivity contribution in [3.05, 3.63) is 30.1 Å². The van der Waals surface area contributed by atoms with E-state index in [4.69, 9.17) is 4.74 Å². The number of aliphatic hydroxyl groups excluding tert-OH is 1. The van der Waals surface area contributed by atoms with Gasteiger partial charge in [0, 0.05) is 11.9 Å². The Kier molecular flexibility index (Phi) is 3.08. The number of para-hydroxylation sites is 1. The van der Waals surface area contributed by atoms with Gasteiger partial charge in [-0.1, -0.05) is 12.1 Å². The number of aromatic nitrogens is 2. The third-order valence-electron chi connectivity index (χ3n) is 3.65. The molecule has 0 bridgehead atoms. The number of benzene rings is 1. The third-order valence-corrected chi connectivity index (χ3v) is 3.65. The Morgan fingerprint density at radius 3 is 2.89 bits per heavy atom. The summed E-state index contributed by atoms with van der Waals surface area (Å²) in [6, 6.07) is 6.04. The first-order valence-electron chi connectivity index (χ1n) is 6.37. The van der Waals surface area contributed by atoms with Gasteiger partial charge in [-0.3, -0.25) is 0 Å². The van der Waals surface area contributed by atoms with Gasteiger partial charge >= 0.3 is 0 Å². The van der Waals surface area contributed by atoms with Crippen molar-refractivity contribution in [1.82, 2.24) is 9.97 Å². The van der Waals surface area contributed by atoms with Gasteiger partial charge in [0.15, 0.2) is 0 Å². The quantitative estimate of drug-likeness (QED) is 0.867. The number of aryl methyl sites for hydroxylation is 1. The van der Waals surface area contributed by atoms with Crippen LogP contribution in [0.5, 0.6) is 0 Å². The summed E-state index contributed by atoms with van der Waals surface area (Å²) in [6.45, 7) is 4.01. The van der Waals surface area contributed by atoms with E-state index in [1.165, 1.54) is 0 Å². The molecule has 5 nitrogen and oxygen atoms in total. The Labute approximate surface area is 111 Å². The van der Waals surface area contributed by atoms with Crippen molar-refractivity contribution in [1.29, 1.82) is 0 Å². The molecule has 0 spiro atoms. The molecule has 0 aliphatic carbocycles. The van der Waals surface area contributed by atoms with E-state index in [2.05, 4.69) is 15.3 Å². The Balaban J connectivity index is 1.87. The number of hydrogen-bond donors (Lipinski definition) is 2. The molecule has 0 atom stereocenters. The minimum Gasteiger partial charge on any atom is -0.396 e. The van der Waals surface area contributed by atoms with Crippen molar-refractivity contribution >= 4 is 16.7 Å². The molecule has 2 N–H and O–H groups in total. The molecule has 1 aliphatic rings. The van der Waals surface area contributed by atoms with E-state index in [0.717, 1.165) is 22.3 Å². The average molecular weight is 259 g/mol. The lowest BCUT2D eigenvalue weighted by Crippen LogP contribution is -2.50. The Morgan fingerprint density at radius 2 is 2.21 bits per heavy atom. The zero-order valence-corrected chi connectivity index (χ0v) is 10.9. The van der Waals surface area contributed by atoms with Gasteiger partial charge in [-0.15, -0.1) is 0 Å². The third kappa shape index (κ3) is 2.15. The summed E-state index contributed by atoms with van der Waals surface area (Å²) in [5, 5.41) is 13.7. The van der Waals surface area contributed by atoms with Crippen LogP contribution in [-0.2, 0) is 4.74 Å². The maximum atomic E-state index is 9.42. The smallest absolute Gasteiger partial charge is 0.137 e. The molecular weight excluding hydrogens is 242 g/mol. The van der Waals surface area contributed by atoms with Gasteiger partial charge in [0.25, 0.3) is 0 Å². The van der Waals surface area contributed by atoms with E-state index in [1.54, 1.807) is 6.33 Å². The largest absolute Gasteiger partial charge is 0.396 e. The van der Waals surface area contributed by atoms with Gasteiger partial charge in [0.05, 0.1) is 30.8 Å². The fourth-order valence-electron chi connectivity index (χ4n) is 2.29. The van der Waals surface area contributed by atoms with E-state index in [9.17, 15) is 5.11 Å². The highest BCUT2D eigenvalue weighted by Crippen LogP contribution is 2.28. The SMILES string of the molecule is Cc1cccc2c(NCC3(CO)COC3)ncnc12. The molecule has 1 aliphatic heterocycles. The minimum absolute atomic E-state index is 0.127. The van der Waals surface area contributed by atoms with E-state index in [1.807, 2.05) is 25.1 Å². The summed E-state index contributed by atoms with van der Waals surface area (Å²) in [4.78, 5) is 8.61. The molecule has 19 heavy (non-hydrogen) atoms. The summed E-state index contributed by atoms with van der Waals surface area (Å²) in [6.07, 6.45) is 1.57. The maximum Gasteiger partial charge on any atom is 0.137 e. The molecular formula is C14H17N3O2. The van der Waals surface area contributed by atoms with Crippen molar-refractivity contribution in [2.24, 2.45) is 5.41 Å². The number of rotatable bonds is 4. The molecule has 3 rings (SSSR count). The summed E-state index contributed by atoms with van der Waals surface area (Å²) in [5.41, 5.74) is 1.93. The molecule has 100 valence electrons. The number of fused-ring (bicyclic) bond motifs is 1. The molecule has 2 heterocycles. The average Bonchev–Trinajstić information content (AvgIpc) is 2.39. The summed E-state index contributed by atoms with van der Waals surface area (Å²) in [5.74, 6) is 0.813. The second-order valence-corrected chi connectivity index (χ2v) is 5.20. The Bertz CT molecular complexity index is 591. The number of ether oxygens (including phenoxy) is 1. The van der Waals surface area contributed by atoms with E-state index in [0.29, 0.717) is 19.8 Å². The van der Waals surface area contributed by atoms with Crippen LogP contribution < -0.4 is 5.32 Å². The van der Waals surface area contributed by atoms with Crippen LogP contribution in [-0.4, -0.2) is 41.4 Å². The van der Waals surface area contributed by atoms with Crippen LogP contribution >= 0.6 is 0 Å². The van der Waals surface area contributed by atoms with Crippen LogP contribution in [0.15, 0.2) is 24.5 Å². The van der Waals surface area contributed by atoms with Crippen molar-refractivity contribution in [3.63, 3.8) is 0 Å². The highest BCUT2D eigenvalue weighted by Gasteiger charge is 2.38. The number of nitrogens with one attached hydrogen (secondary N) is 1. The van der Waals surface area contributed by atoms with Crippen molar-refractivity contribution in [2.75, 3.05) is 31.7 Å². The fourth-order valence-corrected chi connectivity index (χ4v) is 2.29. The Hall–Kier alpha value is -1.72. The Morgan fingerprint density at radius 1 is 1.37 bits per heavy atom. The molecule has 5 heteroatoms. The summed E-state index contributed by atoms with van der Waals surface area (Å²) in [7, 11) is 0. The molecule has 0 unspecified atom stereocenters. The predicted octanol–water partition coefficient (Wildman–Crippen LogP) is 1.36. The van der Waals surface area contributed by atoms with Gasteiger partial charge in [0.1, 0.15) is 12.1 Å². The second kappa shape index (κ2) is 4.75. The van der Waals surface area contributed by atoms with Crippen molar-refractivity contribution < 1.29 is 9.84 Å². The van der Waals surface area contributed by atoms with E-state index < -0.39 is 0 Å². The van der Waals surface area contributed by atoms with E-state index >= 15 is 0 Å². The summed E-state index contributed by atoms with van der Waals surface area (Å²) >= 11 is 0. The molecule has 0 radical (unpaired) electrons. The summed E-state index contributed by atoms with van der Waals surface area (Å²) < 4.78 is 5.19. The lowest BCUT2D eigenvalue weighted by atomic mass is 9.87. The number of hydrogen-bond acceptors (Lipinski definition) is 5. The first-order chi connectivity index (χ1) is 9.24. The monoisotopic (exact) mass is 259 g/mol. The highest BCUT2D eigenvalue weighted by molar-refractivity contribution is 5.90. The highest BCUT2D eigenvalue weighted by atomic mass is 16.5. The molecule has 1 saturated heterocycles. The van der Waals surface area contributed by atoms with Crippen LogP contribution in [0.2, 0.25) is 0 Å². The molecule has 2 aromatic rings. The predicted molar refractivity (Wildman–Crippen MR) is 73.1 cm³/mol. The molecule has 1 aromatic carbocycles. The fraction of sp³-hybridized carbons (Fsp3) is 0.429. The van der Waals surface area contributed by atoms with Crippen molar-refractivity contribution in [3.8, 4) is 0 Å². The lowest BCUT2D eigenvalue weighted by molar-refractivity contribution is -0.128. The topological polar surface area (TPSA) is 67.3 Å². The second-order valence-electron chi connectivity index (χ2n) is 5.20. The molecule has 0 amide bonds. The van der Waals surface area contributed by atoms with Gasteiger partial charge in [-0.25, -0.2) is 9.97 Å². The first kappa shape index (κ1) is 12.3.